The van der Waals surface area contributed by atoms with E-state index in [9.17, 15) is 0 Å². The second-order valence-electron chi connectivity index (χ2n) is 3.37. The summed E-state index contributed by atoms with van der Waals surface area (Å²) in [5.74, 6) is 0. The lowest BCUT2D eigenvalue weighted by Crippen LogP contribution is -2.03. The maximum Gasteiger partial charge on any atom is 0.110 e. The highest BCUT2D eigenvalue weighted by molar-refractivity contribution is 14.1. The summed E-state index contributed by atoms with van der Waals surface area (Å²) in [6.45, 7) is 1.95. The first-order valence-corrected chi connectivity index (χ1v) is 6.59. The average Bonchev–Trinajstić information content (AvgIpc) is 2.68. The number of hydrogen-bond acceptors (Lipinski definition) is 3. The zero-order valence-corrected chi connectivity index (χ0v) is 11.2. The second-order valence-corrected chi connectivity index (χ2v) is 5.50. The molecule has 0 amide bonds. The monoisotopic (exact) mass is 330 g/mol. The molecule has 0 fully saturated rings. The maximum atomic E-state index is 5.78. The Hall–Kier alpha value is -0.460. The summed E-state index contributed by atoms with van der Waals surface area (Å²) in [5, 5.41) is 3.05. The summed E-state index contributed by atoms with van der Waals surface area (Å²) in [7, 11) is 0. The molecule has 2 N–H and O–H groups in total. The Balaban J connectivity index is 2.33. The highest BCUT2D eigenvalue weighted by Gasteiger charge is 2.07. The number of nitrogens with zero attached hydrogens (tertiary/aromatic N) is 1. The van der Waals surface area contributed by atoms with E-state index in [1.807, 2.05) is 6.92 Å². The highest BCUT2D eigenvalue weighted by atomic mass is 127. The van der Waals surface area contributed by atoms with Crippen molar-refractivity contribution in [3.05, 3.63) is 38.2 Å². The molecule has 0 aliphatic carbocycles. The normalized spacial score (nSPS) is 12.7. The molecule has 4 heteroatoms. The summed E-state index contributed by atoms with van der Waals surface area (Å²) < 4.78 is 1.24. The van der Waals surface area contributed by atoms with Crippen LogP contribution in [0.1, 0.15) is 18.0 Å². The average molecular weight is 330 g/mol. The minimum absolute atomic E-state index is 0.0209. The predicted molar refractivity (Wildman–Crippen MR) is 72.9 cm³/mol. The van der Waals surface area contributed by atoms with Crippen molar-refractivity contribution < 1.29 is 0 Å². The first kappa shape index (κ1) is 11.0. The van der Waals surface area contributed by atoms with Crippen molar-refractivity contribution in [3.63, 3.8) is 0 Å². The SMILES string of the molecule is CC(N)c1nc(-c2ccc(I)cc2)cs1. The Kier molecular flexibility index (Phi) is 3.38. The molecule has 2 aromatic rings. The van der Waals surface area contributed by atoms with Crippen LogP contribution in [0, 0.1) is 3.57 Å². The molecule has 2 rings (SSSR count). The van der Waals surface area contributed by atoms with Gasteiger partial charge in [-0.15, -0.1) is 11.3 Å². The Labute approximate surface area is 107 Å². The zero-order chi connectivity index (χ0) is 10.8. The quantitative estimate of drug-likeness (QED) is 0.857. The Morgan fingerprint density at radius 2 is 2.00 bits per heavy atom. The van der Waals surface area contributed by atoms with Crippen molar-refractivity contribution in [1.29, 1.82) is 0 Å². The van der Waals surface area contributed by atoms with Crippen molar-refractivity contribution in [3.8, 4) is 11.3 Å². The lowest BCUT2D eigenvalue weighted by atomic mass is 10.2. The van der Waals surface area contributed by atoms with E-state index in [0.29, 0.717) is 0 Å². The fourth-order valence-electron chi connectivity index (χ4n) is 1.25. The van der Waals surface area contributed by atoms with Crippen LogP contribution in [0.25, 0.3) is 11.3 Å². The Morgan fingerprint density at radius 3 is 2.53 bits per heavy atom. The Morgan fingerprint density at radius 1 is 1.33 bits per heavy atom. The topological polar surface area (TPSA) is 38.9 Å². The van der Waals surface area contributed by atoms with E-state index in [0.717, 1.165) is 16.3 Å². The zero-order valence-electron chi connectivity index (χ0n) is 8.27. The molecule has 78 valence electrons. The van der Waals surface area contributed by atoms with Gasteiger partial charge in [-0.05, 0) is 41.6 Å². The third-order valence-corrected chi connectivity index (χ3v) is 3.82. The maximum absolute atomic E-state index is 5.78. The molecule has 1 atom stereocenters. The van der Waals surface area contributed by atoms with E-state index in [-0.39, 0.29) is 6.04 Å². The number of rotatable bonds is 2. The third kappa shape index (κ3) is 2.56. The van der Waals surface area contributed by atoms with Crippen LogP contribution < -0.4 is 5.73 Å². The molecule has 15 heavy (non-hydrogen) atoms. The molecule has 0 aliphatic rings. The first-order valence-electron chi connectivity index (χ1n) is 4.64. The van der Waals surface area contributed by atoms with Gasteiger partial charge in [-0.1, -0.05) is 12.1 Å². The van der Waals surface area contributed by atoms with Gasteiger partial charge in [-0.3, -0.25) is 0 Å². The minimum atomic E-state index is 0.0209. The summed E-state index contributed by atoms with van der Waals surface area (Å²) in [5.41, 5.74) is 7.94. The lowest BCUT2D eigenvalue weighted by Gasteiger charge is -1.98. The standard InChI is InChI=1S/C11H11IN2S/c1-7(13)11-14-10(6-15-11)8-2-4-9(12)5-3-8/h2-7H,13H2,1H3. The summed E-state index contributed by atoms with van der Waals surface area (Å²) in [6, 6.07) is 8.36. The molecular weight excluding hydrogens is 319 g/mol. The van der Waals surface area contributed by atoms with Crippen LogP contribution in [0.2, 0.25) is 0 Å². The van der Waals surface area contributed by atoms with E-state index in [1.165, 1.54) is 3.57 Å². The van der Waals surface area contributed by atoms with Crippen LogP contribution in [0.4, 0.5) is 0 Å². The van der Waals surface area contributed by atoms with E-state index < -0.39 is 0 Å². The van der Waals surface area contributed by atoms with Crippen molar-refractivity contribution in [1.82, 2.24) is 4.98 Å². The first-order chi connectivity index (χ1) is 7.16. The predicted octanol–water partition coefficient (Wildman–Crippen LogP) is 3.43. The number of halogens is 1. The third-order valence-electron chi connectivity index (χ3n) is 2.05. The van der Waals surface area contributed by atoms with Crippen LogP contribution in [-0.2, 0) is 0 Å². The molecule has 1 aromatic heterocycles. The molecule has 0 saturated heterocycles. The van der Waals surface area contributed by atoms with Gasteiger partial charge in [0.05, 0.1) is 11.7 Å². The van der Waals surface area contributed by atoms with Crippen molar-refractivity contribution in [2.45, 2.75) is 13.0 Å². The number of thiazole rings is 1. The van der Waals surface area contributed by atoms with Gasteiger partial charge in [0.15, 0.2) is 0 Å². The van der Waals surface area contributed by atoms with Crippen LogP contribution >= 0.6 is 33.9 Å². The van der Waals surface area contributed by atoms with Gasteiger partial charge in [0, 0.05) is 14.5 Å². The molecule has 0 spiro atoms. The smallest absolute Gasteiger partial charge is 0.110 e. The van der Waals surface area contributed by atoms with Crippen molar-refractivity contribution in [2.75, 3.05) is 0 Å². The number of benzene rings is 1. The van der Waals surface area contributed by atoms with Gasteiger partial charge < -0.3 is 5.73 Å². The molecule has 0 aliphatic heterocycles. The van der Waals surface area contributed by atoms with Crippen LogP contribution in [0.3, 0.4) is 0 Å². The molecule has 1 unspecified atom stereocenters. The summed E-state index contributed by atoms with van der Waals surface area (Å²) >= 11 is 3.91. The number of hydrogen-bond donors (Lipinski definition) is 1. The minimum Gasteiger partial charge on any atom is -0.322 e. The van der Waals surface area contributed by atoms with Gasteiger partial charge in [0.1, 0.15) is 5.01 Å². The fraction of sp³-hybridized carbons (Fsp3) is 0.182. The van der Waals surface area contributed by atoms with E-state index in [1.54, 1.807) is 11.3 Å². The number of aromatic nitrogens is 1. The number of nitrogens with two attached hydrogens (primary N) is 1. The van der Waals surface area contributed by atoms with E-state index in [2.05, 4.69) is 57.2 Å². The summed E-state index contributed by atoms with van der Waals surface area (Å²) in [4.78, 5) is 4.50. The lowest BCUT2D eigenvalue weighted by molar-refractivity contribution is 0.808. The molecule has 1 aromatic carbocycles. The fourth-order valence-corrected chi connectivity index (χ4v) is 2.40. The van der Waals surface area contributed by atoms with Gasteiger partial charge in [0.2, 0.25) is 0 Å². The van der Waals surface area contributed by atoms with Gasteiger partial charge >= 0.3 is 0 Å². The van der Waals surface area contributed by atoms with Crippen LogP contribution in [-0.4, -0.2) is 4.98 Å². The molecule has 0 bridgehead atoms. The Bertz CT molecular complexity index is 448. The van der Waals surface area contributed by atoms with E-state index >= 15 is 0 Å². The molecule has 2 nitrogen and oxygen atoms in total. The highest BCUT2D eigenvalue weighted by Crippen LogP contribution is 2.24. The van der Waals surface area contributed by atoms with Crippen molar-refractivity contribution in [2.24, 2.45) is 5.73 Å². The molecular formula is C11H11IN2S. The van der Waals surface area contributed by atoms with E-state index in [4.69, 9.17) is 5.73 Å². The largest absolute Gasteiger partial charge is 0.322 e. The van der Waals surface area contributed by atoms with Gasteiger partial charge in [-0.25, -0.2) is 4.98 Å². The molecule has 0 saturated carbocycles. The van der Waals surface area contributed by atoms with Gasteiger partial charge in [-0.2, -0.15) is 0 Å². The van der Waals surface area contributed by atoms with Crippen LogP contribution in [0.5, 0.6) is 0 Å². The van der Waals surface area contributed by atoms with Crippen molar-refractivity contribution >= 4 is 33.9 Å². The second kappa shape index (κ2) is 4.59. The van der Waals surface area contributed by atoms with Gasteiger partial charge in [0.25, 0.3) is 0 Å². The molecule has 0 radical (unpaired) electrons. The molecule has 1 heterocycles. The van der Waals surface area contributed by atoms with Crippen LogP contribution in [0.15, 0.2) is 29.6 Å². The summed E-state index contributed by atoms with van der Waals surface area (Å²) in [6.07, 6.45) is 0.